The Bertz CT molecular complexity index is 3630. The Hall–Kier alpha value is -8.53. The third kappa shape index (κ3) is 6.68. The summed E-state index contributed by atoms with van der Waals surface area (Å²) in [5.74, 6) is 0.630. The minimum Gasteiger partial charge on any atom is -0.435 e. The van der Waals surface area contributed by atoms with Gasteiger partial charge in [-0.05, 0) is 132 Å². The lowest BCUT2D eigenvalue weighted by atomic mass is 9.93. The van der Waals surface area contributed by atoms with Gasteiger partial charge < -0.3 is 9.32 Å². The molecule has 0 saturated carbocycles. The highest BCUT2D eigenvalue weighted by atomic mass is 16.3. The van der Waals surface area contributed by atoms with Gasteiger partial charge in [-0.1, -0.05) is 182 Å². The largest absolute Gasteiger partial charge is 0.435 e. The molecule has 0 fully saturated rings. The SMILES string of the molecule is c1ccc(-c2cccc(N(c3ccc(-c4ccc(-c5cc6nc(-c7ccccc7)oc6c6ccccc56)cc4)cc3)c3ccc(-c4cc5ccccc5c5ccccc45)cc3)c2)cc1. The molecule has 0 bridgehead atoms. The highest BCUT2D eigenvalue weighted by Gasteiger charge is 2.18. The van der Waals surface area contributed by atoms with Crippen LogP contribution in [0.1, 0.15) is 0 Å². The Morgan fingerprint density at radius 2 is 0.766 bits per heavy atom. The number of hydrogen-bond acceptors (Lipinski definition) is 3. The summed E-state index contributed by atoms with van der Waals surface area (Å²) in [4.78, 5) is 7.30. The fourth-order valence-corrected chi connectivity index (χ4v) is 9.33. The molecule has 1 heterocycles. The van der Waals surface area contributed by atoms with Crippen molar-refractivity contribution in [2.24, 2.45) is 0 Å². The molecule has 0 aliphatic heterocycles. The van der Waals surface area contributed by atoms with Crippen molar-refractivity contribution in [3.63, 3.8) is 0 Å². The van der Waals surface area contributed by atoms with E-state index in [0.717, 1.165) is 66.8 Å². The van der Waals surface area contributed by atoms with Gasteiger partial charge in [-0.25, -0.2) is 4.98 Å². The van der Waals surface area contributed by atoms with Crippen molar-refractivity contribution in [3.05, 3.63) is 243 Å². The molecule has 11 aromatic carbocycles. The average Bonchev–Trinajstić information content (AvgIpc) is 3.82. The van der Waals surface area contributed by atoms with Crippen LogP contribution in [0, 0.1) is 0 Å². The second-order valence-corrected chi connectivity index (χ2v) is 16.3. The second-order valence-electron chi connectivity index (χ2n) is 16.3. The molecular formula is C61H40N2O. The zero-order valence-electron chi connectivity index (χ0n) is 34.9. The quantitative estimate of drug-likeness (QED) is 0.143. The van der Waals surface area contributed by atoms with E-state index >= 15 is 0 Å². The van der Waals surface area contributed by atoms with E-state index in [2.05, 4.69) is 217 Å². The van der Waals surface area contributed by atoms with Crippen LogP contribution in [0.25, 0.3) is 99.4 Å². The summed E-state index contributed by atoms with van der Waals surface area (Å²) < 4.78 is 6.38. The van der Waals surface area contributed by atoms with Gasteiger partial charge in [0.25, 0.3) is 0 Å². The monoisotopic (exact) mass is 816 g/mol. The zero-order chi connectivity index (χ0) is 42.4. The molecule has 0 saturated heterocycles. The first-order valence-corrected chi connectivity index (χ1v) is 21.8. The first-order valence-electron chi connectivity index (χ1n) is 21.8. The molecule has 12 rings (SSSR count). The molecule has 0 atom stereocenters. The standard InChI is InChI=1S/C61H40N2O/c1-3-14-41(15-4-1)47-19-13-20-51(38-47)63(50-36-32-45(33-37-50)57-39-48-18-7-8-21-52(48)53-22-9-10-23-54(53)57)49-34-30-43(31-35-49)42-26-28-44(29-27-42)58-40-59-60(56-25-12-11-24-55(56)58)64-61(62-59)46-16-5-2-6-17-46/h1-40H. The highest BCUT2D eigenvalue weighted by Crippen LogP contribution is 2.42. The predicted molar refractivity (Wildman–Crippen MR) is 268 cm³/mol. The fraction of sp³-hybridized carbons (Fsp3) is 0. The Balaban J connectivity index is 0.898. The molecule has 12 aromatic rings. The molecule has 0 radical (unpaired) electrons. The molecule has 0 amide bonds. The maximum atomic E-state index is 6.38. The van der Waals surface area contributed by atoms with E-state index in [9.17, 15) is 0 Å². The lowest BCUT2D eigenvalue weighted by Crippen LogP contribution is -2.10. The Kier molecular flexibility index (Phi) is 9.16. The normalized spacial score (nSPS) is 11.4. The Labute approximate surface area is 371 Å². The van der Waals surface area contributed by atoms with Crippen LogP contribution in [0.3, 0.4) is 0 Å². The van der Waals surface area contributed by atoms with Gasteiger partial charge >= 0.3 is 0 Å². The molecule has 0 N–H and O–H groups in total. The average molecular weight is 817 g/mol. The summed E-state index contributed by atoms with van der Waals surface area (Å²) >= 11 is 0. The van der Waals surface area contributed by atoms with Gasteiger partial charge in [0, 0.05) is 28.0 Å². The minimum absolute atomic E-state index is 0.630. The van der Waals surface area contributed by atoms with Crippen LogP contribution in [0.5, 0.6) is 0 Å². The van der Waals surface area contributed by atoms with Crippen LogP contribution in [0.15, 0.2) is 247 Å². The lowest BCUT2D eigenvalue weighted by Gasteiger charge is -2.26. The van der Waals surface area contributed by atoms with Gasteiger partial charge in [-0.2, -0.15) is 0 Å². The van der Waals surface area contributed by atoms with Crippen LogP contribution in [-0.4, -0.2) is 4.98 Å². The van der Waals surface area contributed by atoms with E-state index in [1.807, 2.05) is 30.3 Å². The van der Waals surface area contributed by atoms with Crippen molar-refractivity contribution in [3.8, 4) is 56.0 Å². The van der Waals surface area contributed by atoms with Crippen LogP contribution in [0.2, 0.25) is 0 Å². The molecule has 1 aromatic heterocycles. The van der Waals surface area contributed by atoms with Crippen LogP contribution < -0.4 is 4.90 Å². The summed E-state index contributed by atoms with van der Waals surface area (Å²) in [7, 11) is 0. The van der Waals surface area contributed by atoms with Crippen LogP contribution >= 0.6 is 0 Å². The fourth-order valence-electron chi connectivity index (χ4n) is 9.33. The Morgan fingerprint density at radius 1 is 0.297 bits per heavy atom. The third-order valence-electron chi connectivity index (χ3n) is 12.5. The van der Waals surface area contributed by atoms with Gasteiger partial charge in [0.1, 0.15) is 5.52 Å². The van der Waals surface area contributed by atoms with Crippen LogP contribution in [-0.2, 0) is 0 Å². The number of aromatic nitrogens is 1. The molecule has 0 aliphatic rings. The molecule has 0 unspecified atom stereocenters. The van der Waals surface area contributed by atoms with E-state index in [-0.39, 0.29) is 0 Å². The van der Waals surface area contributed by atoms with E-state index in [1.165, 1.54) is 43.8 Å². The second kappa shape index (κ2) is 15.7. The van der Waals surface area contributed by atoms with Gasteiger partial charge in [0.2, 0.25) is 5.89 Å². The van der Waals surface area contributed by atoms with Crippen molar-refractivity contribution >= 4 is 60.5 Å². The first kappa shape index (κ1) is 37.2. The number of fused-ring (bicyclic) bond motifs is 6. The van der Waals surface area contributed by atoms with E-state index in [4.69, 9.17) is 9.40 Å². The van der Waals surface area contributed by atoms with Crippen molar-refractivity contribution in [2.45, 2.75) is 0 Å². The number of benzene rings is 11. The third-order valence-corrected chi connectivity index (χ3v) is 12.5. The van der Waals surface area contributed by atoms with Gasteiger partial charge in [-0.15, -0.1) is 0 Å². The van der Waals surface area contributed by atoms with E-state index < -0.39 is 0 Å². The maximum Gasteiger partial charge on any atom is 0.227 e. The lowest BCUT2D eigenvalue weighted by molar-refractivity contribution is 0.623. The number of nitrogens with zero attached hydrogens (tertiary/aromatic N) is 2. The molecule has 64 heavy (non-hydrogen) atoms. The molecule has 0 aliphatic carbocycles. The summed E-state index contributed by atoms with van der Waals surface area (Å²) in [5.41, 5.74) is 15.2. The first-order chi connectivity index (χ1) is 31.7. The summed E-state index contributed by atoms with van der Waals surface area (Å²) in [5, 5.41) is 7.24. The number of hydrogen-bond donors (Lipinski definition) is 0. The minimum atomic E-state index is 0.630. The van der Waals surface area contributed by atoms with Crippen LogP contribution in [0.4, 0.5) is 17.1 Å². The topological polar surface area (TPSA) is 29.3 Å². The van der Waals surface area contributed by atoms with Gasteiger partial charge in [0.15, 0.2) is 5.58 Å². The number of anilines is 3. The summed E-state index contributed by atoms with van der Waals surface area (Å²) in [6, 6.07) is 86.7. The Morgan fingerprint density at radius 3 is 1.44 bits per heavy atom. The molecule has 0 spiro atoms. The molecule has 3 heteroatoms. The van der Waals surface area contributed by atoms with E-state index in [1.54, 1.807) is 0 Å². The summed E-state index contributed by atoms with van der Waals surface area (Å²) in [6.07, 6.45) is 0. The predicted octanol–water partition coefficient (Wildman–Crippen LogP) is 17.1. The molecule has 300 valence electrons. The maximum absolute atomic E-state index is 6.38. The van der Waals surface area contributed by atoms with Crippen molar-refractivity contribution in [2.75, 3.05) is 4.90 Å². The highest BCUT2D eigenvalue weighted by molar-refractivity contribution is 6.14. The van der Waals surface area contributed by atoms with Crippen molar-refractivity contribution in [1.82, 2.24) is 4.98 Å². The molecule has 3 nitrogen and oxygen atoms in total. The summed E-state index contributed by atoms with van der Waals surface area (Å²) in [6.45, 7) is 0. The van der Waals surface area contributed by atoms with Crippen molar-refractivity contribution < 1.29 is 4.42 Å². The number of oxazole rings is 1. The molecular weight excluding hydrogens is 777 g/mol. The van der Waals surface area contributed by atoms with Gasteiger partial charge in [0.05, 0.1) is 0 Å². The van der Waals surface area contributed by atoms with Crippen molar-refractivity contribution in [1.29, 1.82) is 0 Å². The number of rotatable bonds is 8. The smallest absolute Gasteiger partial charge is 0.227 e. The van der Waals surface area contributed by atoms with Gasteiger partial charge in [-0.3, -0.25) is 0 Å². The van der Waals surface area contributed by atoms with E-state index in [0.29, 0.717) is 5.89 Å². The zero-order valence-corrected chi connectivity index (χ0v) is 34.9.